The van der Waals surface area contributed by atoms with Gasteiger partial charge in [-0.15, -0.1) is 0 Å². The van der Waals surface area contributed by atoms with Crippen LogP contribution in [0.3, 0.4) is 0 Å². The average Bonchev–Trinajstić information content (AvgIpc) is 3.55. The first kappa shape index (κ1) is 29.4. The zero-order valence-electron chi connectivity index (χ0n) is 23.5. The lowest BCUT2D eigenvalue weighted by Gasteiger charge is -2.29. The summed E-state index contributed by atoms with van der Waals surface area (Å²) in [5.41, 5.74) is 0.888. The zero-order valence-corrected chi connectivity index (χ0v) is 24.4. The molecule has 2 aromatic carbocycles. The van der Waals surface area contributed by atoms with Crippen molar-refractivity contribution in [3.05, 3.63) is 90.3 Å². The second kappa shape index (κ2) is 12.4. The maximum atomic E-state index is 13.8. The Morgan fingerprint density at radius 2 is 1.74 bits per heavy atom. The Kier molecular flexibility index (Phi) is 8.69. The second-order valence-corrected chi connectivity index (χ2v) is 13.0. The molecule has 42 heavy (non-hydrogen) atoms. The van der Waals surface area contributed by atoms with E-state index in [0.29, 0.717) is 35.5 Å². The van der Waals surface area contributed by atoms with Gasteiger partial charge in [0.15, 0.2) is 5.78 Å². The summed E-state index contributed by atoms with van der Waals surface area (Å²) in [5, 5.41) is 2.86. The van der Waals surface area contributed by atoms with Crippen LogP contribution in [0.15, 0.2) is 79.1 Å². The van der Waals surface area contributed by atoms with Crippen molar-refractivity contribution in [2.75, 3.05) is 13.1 Å². The van der Waals surface area contributed by atoms with E-state index in [-0.39, 0.29) is 36.5 Å². The third-order valence-electron chi connectivity index (χ3n) is 7.50. The number of aromatic nitrogens is 1. The summed E-state index contributed by atoms with van der Waals surface area (Å²) >= 11 is 0. The Labute approximate surface area is 245 Å². The van der Waals surface area contributed by atoms with E-state index in [4.69, 9.17) is 4.74 Å². The number of para-hydroxylation sites is 1. The van der Waals surface area contributed by atoms with Gasteiger partial charge in [0.05, 0.1) is 18.3 Å². The molecule has 10 nitrogen and oxygen atoms in total. The second-order valence-electron chi connectivity index (χ2n) is 11.1. The van der Waals surface area contributed by atoms with Crippen LogP contribution in [-0.2, 0) is 25.4 Å². The molecular weight excluding hydrogens is 556 g/mol. The molecule has 0 bridgehead atoms. The molecule has 5 rings (SSSR count). The van der Waals surface area contributed by atoms with E-state index < -0.39 is 34.1 Å². The maximum absolute atomic E-state index is 13.8. The molecule has 1 N–H and O–H groups in total. The van der Waals surface area contributed by atoms with Gasteiger partial charge in [0.2, 0.25) is 15.9 Å². The molecule has 11 heteroatoms. The molecule has 3 heterocycles. The van der Waals surface area contributed by atoms with E-state index in [0.717, 1.165) is 0 Å². The highest BCUT2D eigenvalue weighted by molar-refractivity contribution is 7.88. The Morgan fingerprint density at radius 1 is 1.02 bits per heavy atom. The molecule has 220 valence electrons. The molecule has 3 atom stereocenters. The van der Waals surface area contributed by atoms with Gasteiger partial charge in [0.25, 0.3) is 5.91 Å². The average molecular weight is 591 g/mol. The van der Waals surface area contributed by atoms with Gasteiger partial charge in [0.1, 0.15) is 23.6 Å². The zero-order chi connectivity index (χ0) is 29.9. The molecule has 3 unspecified atom stereocenters. The number of carbonyl (C=O) groups is 3. The van der Waals surface area contributed by atoms with E-state index in [1.165, 1.54) is 15.4 Å². The highest BCUT2D eigenvalue weighted by Crippen LogP contribution is 2.33. The lowest BCUT2D eigenvalue weighted by molar-refractivity contribution is -0.138. The number of amides is 2. The molecule has 1 aromatic heterocycles. The fourth-order valence-corrected chi connectivity index (χ4v) is 7.31. The lowest BCUT2D eigenvalue weighted by Crippen LogP contribution is -2.53. The summed E-state index contributed by atoms with van der Waals surface area (Å²) < 4.78 is 33.5. The molecule has 2 saturated heterocycles. The molecule has 2 amide bonds. The largest absolute Gasteiger partial charge is 0.457 e. The van der Waals surface area contributed by atoms with Crippen molar-refractivity contribution >= 4 is 27.6 Å². The van der Waals surface area contributed by atoms with Crippen LogP contribution in [0.4, 0.5) is 0 Å². The number of Topliss-reactive ketones (excluding diaryl/α,β-unsaturated/α-hetero) is 1. The van der Waals surface area contributed by atoms with Crippen LogP contribution in [0.1, 0.15) is 42.6 Å². The SMILES string of the molecule is CC(C)CC(NC(=O)c1ccc(Oc2ccccc2)cc1)C(=O)N1CCC2C1C(=O)CN2S(=O)(=O)Cc1cccnc1. The van der Waals surface area contributed by atoms with Crippen molar-refractivity contribution in [3.63, 3.8) is 0 Å². The van der Waals surface area contributed by atoms with Crippen molar-refractivity contribution in [1.29, 1.82) is 0 Å². The first-order chi connectivity index (χ1) is 20.1. The lowest BCUT2D eigenvalue weighted by atomic mass is 10.0. The molecular formula is C31H34N4O6S. The Hall–Kier alpha value is -4.09. The number of likely N-dealkylation sites (tertiary alicyclic amines) is 1. The summed E-state index contributed by atoms with van der Waals surface area (Å²) in [6, 6.07) is 16.9. The van der Waals surface area contributed by atoms with E-state index in [2.05, 4.69) is 10.3 Å². The molecule has 0 spiro atoms. The molecule has 0 aliphatic carbocycles. The number of pyridine rings is 1. The van der Waals surface area contributed by atoms with Crippen molar-refractivity contribution in [2.24, 2.45) is 5.92 Å². The summed E-state index contributed by atoms with van der Waals surface area (Å²) in [6.07, 6.45) is 3.76. The van der Waals surface area contributed by atoms with Crippen molar-refractivity contribution < 1.29 is 27.5 Å². The number of carbonyl (C=O) groups excluding carboxylic acids is 3. The number of ether oxygens (including phenoxy) is 1. The van der Waals surface area contributed by atoms with Crippen LogP contribution >= 0.6 is 0 Å². The number of hydrogen-bond acceptors (Lipinski definition) is 7. The number of nitrogens with zero attached hydrogens (tertiary/aromatic N) is 3. The molecule has 2 fully saturated rings. The number of fused-ring (bicyclic) bond motifs is 1. The van der Waals surface area contributed by atoms with Gasteiger partial charge in [-0.25, -0.2) is 8.42 Å². The van der Waals surface area contributed by atoms with Gasteiger partial charge in [-0.1, -0.05) is 38.1 Å². The topological polar surface area (TPSA) is 126 Å². The first-order valence-electron chi connectivity index (χ1n) is 14.0. The Morgan fingerprint density at radius 3 is 2.40 bits per heavy atom. The Balaban J connectivity index is 1.27. The molecule has 0 saturated carbocycles. The number of sulfonamides is 1. The van der Waals surface area contributed by atoms with Crippen LogP contribution in [-0.4, -0.2) is 71.4 Å². The maximum Gasteiger partial charge on any atom is 0.251 e. The van der Waals surface area contributed by atoms with Gasteiger partial charge in [-0.3, -0.25) is 19.4 Å². The van der Waals surface area contributed by atoms with Crippen LogP contribution in [0, 0.1) is 5.92 Å². The number of rotatable bonds is 10. The predicted octanol–water partition coefficient (Wildman–Crippen LogP) is 3.40. The van der Waals surface area contributed by atoms with E-state index in [1.807, 2.05) is 44.2 Å². The summed E-state index contributed by atoms with van der Waals surface area (Å²) in [5.74, 6) is -0.0708. The first-order valence-corrected chi connectivity index (χ1v) is 15.6. The fourth-order valence-electron chi connectivity index (χ4n) is 5.59. The standard InChI is InChI=1S/C31H34N4O6S/c1-21(2)17-26(33-30(37)23-10-12-25(13-11-23)41-24-8-4-3-5-9-24)31(38)34-16-14-27-29(34)28(36)19-35(27)42(39,40)20-22-7-6-15-32-18-22/h3-13,15,18,21,26-27,29H,14,16-17,19-20H2,1-2H3,(H,33,37). The minimum atomic E-state index is -3.81. The number of hydrogen-bond donors (Lipinski definition) is 1. The van der Waals surface area contributed by atoms with E-state index in [9.17, 15) is 22.8 Å². The quantitative estimate of drug-likeness (QED) is 0.384. The summed E-state index contributed by atoms with van der Waals surface area (Å²) in [4.78, 5) is 45.5. The van der Waals surface area contributed by atoms with Crippen molar-refractivity contribution in [2.45, 2.75) is 50.6 Å². The Bertz CT molecular complexity index is 1530. The fraction of sp³-hybridized carbons (Fsp3) is 0.355. The third-order valence-corrected chi connectivity index (χ3v) is 9.31. The van der Waals surface area contributed by atoms with Crippen LogP contribution in [0.2, 0.25) is 0 Å². The normalized spacial score (nSPS) is 19.5. The summed E-state index contributed by atoms with van der Waals surface area (Å²) in [7, 11) is -3.81. The molecule has 0 radical (unpaired) electrons. The van der Waals surface area contributed by atoms with Gasteiger partial charge in [-0.2, -0.15) is 4.31 Å². The monoisotopic (exact) mass is 590 g/mol. The van der Waals surface area contributed by atoms with Crippen molar-refractivity contribution in [1.82, 2.24) is 19.5 Å². The van der Waals surface area contributed by atoms with Crippen molar-refractivity contribution in [3.8, 4) is 11.5 Å². The van der Waals surface area contributed by atoms with Gasteiger partial charge >= 0.3 is 0 Å². The highest BCUT2D eigenvalue weighted by atomic mass is 32.2. The number of ketones is 1. The number of nitrogens with one attached hydrogen (secondary N) is 1. The van der Waals surface area contributed by atoms with Crippen LogP contribution in [0.5, 0.6) is 11.5 Å². The minimum Gasteiger partial charge on any atom is -0.457 e. The van der Waals surface area contributed by atoms with Gasteiger partial charge in [-0.05, 0) is 66.8 Å². The van der Waals surface area contributed by atoms with Gasteiger partial charge in [0, 0.05) is 24.5 Å². The molecule has 2 aliphatic heterocycles. The minimum absolute atomic E-state index is 0.0786. The predicted molar refractivity (Wildman–Crippen MR) is 156 cm³/mol. The van der Waals surface area contributed by atoms with Crippen LogP contribution in [0.25, 0.3) is 0 Å². The third kappa shape index (κ3) is 6.52. The van der Waals surface area contributed by atoms with E-state index in [1.54, 1.807) is 42.6 Å². The van der Waals surface area contributed by atoms with Crippen LogP contribution < -0.4 is 10.1 Å². The highest BCUT2D eigenvalue weighted by Gasteiger charge is 2.54. The smallest absolute Gasteiger partial charge is 0.251 e. The summed E-state index contributed by atoms with van der Waals surface area (Å²) in [6.45, 7) is 3.85. The van der Waals surface area contributed by atoms with E-state index >= 15 is 0 Å². The number of benzene rings is 2. The molecule has 3 aromatic rings. The van der Waals surface area contributed by atoms with Gasteiger partial charge < -0.3 is 15.0 Å². The molecule has 2 aliphatic rings.